The maximum atomic E-state index is 5.91. The van der Waals surface area contributed by atoms with Crippen LogP contribution in [0.2, 0.25) is 10.3 Å². The third-order valence-electron chi connectivity index (χ3n) is 2.36. The molecule has 0 spiro atoms. The molecule has 0 aliphatic heterocycles. The fourth-order valence-electron chi connectivity index (χ4n) is 1.61. The lowest BCUT2D eigenvalue weighted by Crippen LogP contribution is -1.83. The zero-order valence-electron chi connectivity index (χ0n) is 8.52. The number of nitrogens with zero attached hydrogens (tertiary/aromatic N) is 2. The Labute approximate surface area is 107 Å². The summed E-state index contributed by atoms with van der Waals surface area (Å²) in [5.41, 5.74) is 1.41. The number of hydrogen-bond acceptors (Lipinski definition) is 3. The Morgan fingerprint density at radius 3 is 2.76 bits per heavy atom. The summed E-state index contributed by atoms with van der Waals surface area (Å²) < 4.78 is 5.66. The molecule has 0 atom stereocenters. The topological polar surface area (TPSA) is 38.9 Å². The Morgan fingerprint density at radius 2 is 1.94 bits per heavy atom. The van der Waals surface area contributed by atoms with E-state index in [1.165, 1.54) is 0 Å². The average Bonchev–Trinajstić information content (AvgIpc) is 2.72. The van der Waals surface area contributed by atoms with E-state index in [1.807, 2.05) is 18.2 Å². The fourth-order valence-corrected chi connectivity index (χ4v) is 1.94. The minimum absolute atomic E-state index is 0.195. The highest BCUT2D eigenvalue weighted by atomic mass is 35.5. The molecule has 0 N–H and O–H groups in total. The molecule has 0 saturated heterocycles. The molecular formula is C12H6Cl2N2O. The van der Waals surface area contributed by atoms with Gasteiger partial charge in [-0.1, -0.05) is 11.6 Å². The summed E-state index contributed by atoms with van der Waals surface area (Å²) in [6.07, 6.45) is 1.59. The molecule has 0 radical (unpaired) electrons. The highest BCUT2D eigenvalue weighted by Gasteiger charge is 2.08. The monoisotopic (exact) mass is 264 g/mol. The molecule has 3 rings (SSSR count). The van der Waals surface area contributed by atoms with Crippen LogP contribution in [0, 0.1) is 0 Å². The van der Waals surface area contributed by atoms with E-state index < -0.39 is 0 Å². The van der Waals surface area contributed by atoms with Crippen LogP contribution in [0.3, 0.4) is 0 Å². The molecule has 2 aromatic heterocycles. The van der Waals surface area contributed by atoms with E-state index in [4.69, 9.17) is 27.6 Å². The molecule has 2 heterocycles. The summed E-state index contributed by atoms with van der Waals surface area (Å²) in [6.45, 7) is 0. The average molecular weight is 265 g/mol. The summed E-state index contributed by atoms with van der Waals surface area (Å²) in [4.78, 5) is 7.91. The molecule has 1 aromatic carbocycles. The molecule has 0 amide bonds. The molecule has 0 saturated carbocycles. The molecule has 0 unspecified atom stereocenters. The number of fused-ring (bicyclic) bond motifs is 1. The first-order valence-corrected chi connectivity index (χ1v) is 5.66. The van der Waals surface area contributed by atoms with Crippen molar-refractivity contribution < 1.29 is 4.42 Å². The lowest BCUT2D eigenvalue weighted by Gasteiger charge is -1.94. The highest BCUT2D eigenvalue weighted by Crippen LogP contribution is 2.28. The maximum absolute atomic E-state index is 5.91. The number of hydrogen-bond donors (Lipinski definition) is 0. The van der Waals surface area contributed by atoms with Gasteiger partial charge in [-0.05, 0) is 41.9 Å². The van der Waals surface area contributed by atoms with Crippen molar-refractivity contribution in [1.29, 1.82) is 0 Å². The van der Waals surface area contributed by atoms with Crippen LogP contribution in [0.5, 0.6) is 0 Å². The van der Waals surface area contributed by atoms with Gasteiger partial charge in [0, 0.05) is 16.6 Å². The van der Waals surface area contributed by atoms with Crippen molar-refractivity contribution in [3.63, 3.8) is 0 Å². The lowest BCUT2D eigenvalue weighted by atomic mass is 10.2. The molecule has 0 aliphatic rings. The number of aromatic nitrogens is 2. The highest BCUT2D eigenvalue weighted by molar-refractivity contribution is 6.31. The van der Waals surface area contributed by atoms with Crippen LogP contribution in [-0.2, 0) is 0 Å². The predicted octanol–water partition coefficient (Wildman–Crippen LogP) is 4.20. The largest absolute Gasteiger partial charge is 0.454 e. The van der Waals surface area contributed by atoms with Crippen LogP contribution in [0.4, 0.5) is 0 Å². The first-order chi connectivity index (χ1) is 8.22. The molecule has 3 nitrogen and oxygen atoms in total. The summed E-state index contributed by atoms with van der Waals surface area (Å²) in [5.74, 6) is 0.645. The molecule has 0 fully saturated rings. The Kier molecular flexibility index (Phi) is 2.50. The predicted molar refractivity (Wildman–Crippen MR) is 67.3 cm³/mol. The Hall–Kier alpha value is -1.58. The Morgan fingerprint density at radius 1 is 1.06 bits per heavy atom. The number of halogens is 2. The van der Waals surface area contributed by atoms with Gasteiger partial charge < -0.3 is 4.42 Å². The van der Waals surface area contributed by atoms with Gasteiger partial charge in [0.05, 0.1) is 0 Å². The number of furan rings is 1. The second kappa shape index (κ2) is 4.02. The van der Waals surface area contributed by atoms with Gasteiger partial charge in [-0.25, -0.2) is 9.97 Å². The standard InChI is InChI=1S/C12H6Cl2N2O/c13-8-1-2-10-7(5-8)6-11(17-10)9-3-4-15-12(14)16-9/h1-6H. The SMILES string of the molecule is Clc1ccc2oc(-c3ccnc(Cl)n3)cc2c1. The van der Waals surface area contributed by atoms with Crippen LogP contribution in [-0.4, -0.2) is 9.97 Å². The van der Waals surface area contributed by atoms with E-state index in [2.05, 4.69) is 9.97 Å². The first kappa shape index (κ1) is 10.6. The second-order valence-corrected chi connectivity index (χ2v) is 4.28. The summed E-state index contributed by atoms with van der Waals surface area (Å²) >= 11 is 11.6. The van der Waals surface area contributed by atoms with E-state index in [0.29, 0.717) is 16.5 Å². The van der Waals surface area contributed by atoms with Crippen molar-refractivity contribution in [2.45, 2.75) is 0 Å². The quantitative estimate of drug-likeness (QED) is 0.619. The van der Waals surface area contributed by atoms with Crippen LogP contribution in [0.25, 0.3) is 22.4 Å². The van der Waals surface area contributed by atoms with Crippen molar-refractivity contribution in [2.75, 3.05) is 0 Å². The van der Waals surface area contributed by atoms with E-state index in [-0.39, 0.29) is 5.28 Å². The minimum atomic E-state index is 0.195. The van der Waals surface area contributed by atoms with Crippen LogP contribution >= 0.6 is 23.2 Å². The number of benzene rings is 1. The van der Waals surface area contributed by atoms with E-state index in [9.17, 15) is 0 Å². The summed E-state index contributed by atoms with van der Waals surface area (Å²) in [6, 6.07) is 9.06. The molecule has 0 aliphatic carbocycles. The molecule has 84 valence electrons. The first-order valence-electron chi connectivity index (χ1n) is 4.90. The molecule has 5 heteroatoms. The third-order valence-corrected chi connectivity index (χ3v) is 2.77. The van der Waals surface area contributed by atoms with Gasteiger partial charge in [0.2, 0.25) is 5.28 Å². The fraction of sp³-hybridized carbons (Fsp3) is 0. The van der Waals surface area contributed by atoms with Crippen LogP contribution in [0.15, 0.2) is 40.9 Å². The van der Waals surface area contributed by atoms with Gasteiger partial charge in [-0.3, -0.25) is 0 Å². The number of rotatable bonds is 1. The van der Waals surface area contributed by atoms with Crippen molar-refractivity contribution in [2.24, 2.45) is 0 Å². The Bertz CT molecular complexity index is 694. The second-order valence-electron chi connectivity index (χ2n) is 3.50. The normalized spacial score (nSPS) is 10.9. The zero-order chi connectivity index (χ0) is 11.8. The van der Waals surface area contributed by atoms with Gasteiger partial charge in [0.15, 0.2) is 5.76 Å². The minimum Gasteiger partial charge on any atom is -0.454 e. The molecule has 17 heavy (non-hydrogen) atoms. The summed E-state index contributed by atoms with van der Waals surface area (Å²) in [5, 5.41) is 1.80. The van der Waals surface area contributed by atoms with E-state index >= 15 is 0 Å². The molecular weight excluding hydrogens is 259 g/mol. The zero-order valence-corrected chi connectivity index (χ0v) is 10.0. The smallest absolute Gasteiger partial charge is 0.222 e. The van der Waals surface area contributed by atoms with Gasteiger partial charge in [0.1, 0.15) is 11.3 Å². The van der Waals surface area contributed by atoms with Gasteiger partial charge in [-0.15, -0.1) is 0 Å². The Balaban J connectivity index is 2.18. The van der Waals surface area contributed by atoms with Crippen molar-refractivity contribution in [3.05, 3.63) is 46.8 Å². The summed E-state index contributed by atoms with van der Waals surface area (Å²) in [7, 11) is 0. The lowest BCUT2D eigenvalue weighted by molar-refractivity contribution is 0.628. The van der Waals surface area contributed by atoms with Crippen molar-refractivity contribution in [1.82, 2.24) is 9.97 Å². The molecule has 3 aromatic rings. The van der Waals surface area contributed by atoms with Gasteiger partial charge in [0.25, 0.3) is 0 Å². The maximum Gasteiger partial charge on any atom is 0.222 e. The third kappa shape index (κ3) is 1.99. The van der Waals surface area contributed by atoms with E-state index in [0.717, 1.165) is 11.0 Å². The van der Waals surface area contributed by atoms with Crippen LogP contribution < -0.4 is 0 Å². The van der Waals surface area contributed by atoms with Gasteiger partial charge in [-0.2, -0.15) is 0 Å². The van der Waals surface area contributed by atoms with Crippen molar-refractivity contribution in [3.8, 4) is 11.5 Å². The molecule has 0 bridgehead atoms. The van der Waals surface area contributed by atoms with E-state index in [1.54, 1.807) is 18.3 Å². The van der Waals surface area contributed by atoms with Gasteiger partial charge >= 0.3 is 0 Å². The van der Waals surface area contributed by atoms with Crippen LogP contribution in [0.1, 0.15) is 0 Å². The van der Waals surface area contributed by atoms with Crippen molar-refractivity contribution >= 4 is 34.2 Å².